The van der Waals surface area contributed by atoms with Gasteiger partial charge in [0.15, 0.2) is 0 Å². The zero-order chi connectivity index (χ0) is 13.3. The van der Waals surface area contributed by atoms with Gasteiger partial charge in [-0.15, -0.1) is 0 Å². The van der Waals surface area contributed by atoms with Gasteiger partial charge in [-0.25, -0.2) is 0 Å². The first-order chi connectivity index (χ1) is 9.36. The van der Waals surface area contributed by atoms with Crippen LogP contribution in [0, 0.1) is 0 Å². The van der Waals surface area contributed by atoms with E-state index >= 15 is 0 Å². The normalized spacial score (nSPS) is 22.2. The molecule has 5 nitrogen and oxygen atoms in total. The van der Waals surface area contributed by atoms with Crippen molar-refractivity contribution in [2.45, 2.75) is 25.7 Å². The van der Waals surface area contributed by atoms with Gasteiger partial charge in [-0.05, 0) is 12.8 Å². The second-order valence-corrected chi connectivity index (χ2v) is 5.44. The molecule has 0 radical (unpaired) electrons. The van der Waals surface area contributed by atoms with Gasteiger partial charge in [0.1, 0.15) is 6.61 Å². The van der Waals surface area contributed by atoms with Crippen LogP contribution in [0.15, 0.2) is 0 Å². The lowest BCUT2D eigenvalue weighted by Crippen LogP contribution is -2.44. The molecule has 0 saturated carbocycles. The first-order valence-corrected chi connectivity index (χ1v) is 7.65. The second kappa shape index (κ2) is 8.51. The van der Waals surface area contributed by atoms with Gasteiger partial charge in [0.05, 0.1) is 6.61 Å². The van der Waals surface area contributed by atoms with Gasteiger partial charge in [0.2, 0.25) is 5.91 Å². The number of carbonyl (C=O) groups is 1. The Morgan fingerprint density at radius 3 is 2.37 bits per heavy atom. The predicted octanol–water partition coefficient (Wildman–Crippen LogP) is 0.311. The van der Waals surface area contributed by atoms with Gasteiger partial charge in [0, 0.05) is 45.8 Å². The topological polar surface area (TPSA) is 44.8 Å². The summed E-state index contributed by atoms with van der Waals surface area (Å²) in [6.07, 6.45) is 4.81. The van der Waals surface area contributed by atoms with E-state index in [-0.39, 0.29) is 12.5 Å². The van der Waals surface area contributed by atoms with Crippen LogP contribution in [-0.4, -0.2) is 74.7 Å². The smallest absolute Gasteiger partial charge is 0.248 e. The molecule has 0 unspecified atom stereocenters. The molecule has 2 saturated heterocycles. The molecule has 2 aliphatic heterocycles. The van der Waals surface area contributed by atoms with Gasteiger partial charge < -0.3 is 15.0 Å². The number of piperazine rings is 1. The van der Waals surface area contributed by atoms with Crippen molar-refractivity contribution in [1.82, 2.24) is 15.1 Å². The minimum Gasteiger partial charge on any atom is -0.370 e. The Hall–Kier alpha value is -0.650. The number of hydrogen-bond donors (Lipinski definition) is 1. The van der Waals surface area contributed by atoms with Crippen LogP contribution in [0.4, 0.5) is 0 Å². The van der Waals surface area contributed by atoms with Crippen LogP contribution >= 0.6 is 0 Å². The number of nitrogens with one attached hydrogen (secondary N) is 1. The Balaban J connectivity index is 1.55. The molecule has 19 heavy (non-hydrogen) atoms. The molecule has 2 rings (SSSR count). The lowest BCUT2D eigenvalue weighted by atomic mass is 10.2. The molecule has 0 aromatic carbocycles. The third kappa shape index (κ3) is 5.47. The van der Waals surface area contributed by atoms with E-state index in [0.717, 1.165) is 58.7 Å². The first-order valence-electron chi connectivity index (χ1n) is 7.65. The molecule has 0 aliphatic carbocycles. The molecule has 0 aromatic rings. The van der Waals surface area contributed by atoms with Crippen molar-refractivity contribution in [3.8, 4) is 0 Å². The fraction of sp³-hybridized carbons (Fsp3) is 0.929. The number of likely N-dealkylation sites (tertiary alicyclic amines) is 1. The maximum atomic E-state index is 12.0. The van der Waals surface area contributed by atoms with Gasteiger partial charge in [-0.2, -0.15) is 0 Å². The van der Waals surface area contributed by atoms with Crippen molar-refractivity contribution in [3.63, 3.8) is 0 Å². The van der Waals surface area contributed by atoms with E-state index in [1.54, 1.807) is 0 Å². The minimum atomic E-state index is 0.169. The molecular formula is C14H27N3O2. The van der Waals surface area contributed by atoms with Gasteiger partial charge >= 0.3 is 0 Å². The SMILES string of the molecule is O=C(COCCN1CCNCC1)N1CCCCCC1. The minimum absolute atomic E-state index is 0.169. The summed E-state index contributed by atoms with van der Waals surface area (Å²) in [4.78, 5) is 16.3. The molecule has 0 atom stereocenters. The van der Waals surface area contributed by atoms with E-state index in [1.807, 2.05) is 4.90 Å². The molecule has 1 amide bonds. The molecule has 2 fully saturated rings. The van der Waals surface area contributed by atoms with Crippen molar-refractivity contribution in [1.29, 1.82) is 0 Å². The van der Waals surface area contributed by atoms with Crippen molar-refractivity contribution in [2.75, 3.05) is 59.0 Å². The summed E-state index contributed by atoms with van der Waals surface area (Å²) in [5.41, 5.74) is 0. The summed E-state index contributed by atoms with van der Waals surface area (Å²) in [6.45, 7) is 7.99. The van der Waals surface area contributed by atoms with Crippen molar-refractivity contribution in [2.24, 2.45) is 0 Å². The standard InChI is InChI=1S/C14H27N3O2/c18-14(17-7-3-1-2-4-8-17)13-19-12-11-16-9-5-15-6-10-16/h15H,1-13H2. The summed E-state index contributed by atoms with van der Waals surface area (Å²) in [7, 11) is 0. The third-order valence-corrected chi connectivity index (χ3v) is 3.95. The zero-order valence-electron chi connectivity index (χ0n) is 11.9. The number of rotatable bonds is 5. The fourth-order valence-corrected chi connectivity index (χ4v) is 2.70. The molecule has 2 heterocycles. The lowest BCUT2D eigenvalue weighted by molar-refractivity contribution is -0.136. The Morgan fingerprint density at radius 2 is 1.68 bits per heavy atom. The van der Waals surface area contributed by atoms with Crippen LogP contribution < -0.4 is 5.32 Å². The van der Waals surface area contributed by atoms with E-state index in [9.17, 15) is 4.79 Å². The lowest BCUT2D eigenvalue weighted by Gasteiger charge is -2.27. The van der Waals surface area contributed by atoms with Crippen LogP contribution in [-0.2, 0) is 9.53 Å². The number of hydrogen-bond acceptors (Lipinski definition) is 4. The molecular weight excluding hydrogens is 242 g/mol. The summed E-state index contributed by atoms with van der Waals surface area (Å²) >= 11 is 0. The molecule has 2 aliphatic rings. The summed E-state index contributed by atoms with van der Waals surface area (Å²) in [6, 6.07) is 0. The van der Waals surface area contributed by atoms with Crippen molar-refractivity contribution in [3.05, 3.63) is 0 Å². The zero-order valence-corrected chi connectivity index (χ0v) is 11.9. The summed E-state index contributed by atoms with van der Waals surface area (Å²) < 4.78 is 5.54. The number of carbonyl (C=O) groups excluding carboxylic acids is 1. The maximum Gasteiger partial charge on any atom is 0.248 e. The highest BCUT2D eigenvalue weighted by Gasteiger charge is 2.15. The van der Waals surface area contributed by atoms with Gasteiger partial charge in [-0.3, -0.25) is 9.69 Å². The van der Waals surface area contributed by atoms with Crippen LogP contribution in [0.5, 0.6) is 0 Å². The number of amides is 1. The summed E-state index contributed by atoms with van der Waals surface area (Å²) in [5.74, 6) is 0.169. The molecule has 0 spiro atoms. The van der Waals surface area contributed by atoms with E-state index in [0.29, 0.717) is 6.61 Å². The molecule has 0 aromatic heterocycles. The highest BCUT2D eigenvalue weighted by atomic mass is 16.5. The average molecular weight is 269 g/mol. The van der Waals surface area contributed by atoms with Crippen LogP contribution in [0.25, 0.3) is 0 Å². The van der Waals surface area contributed by atoms with E-state index in [2.05, 4.69) is 10.2 Å². The third-order valence-electron chi connectivity index (χ3n) is 3.95. The number of ether oxygens (including phenoxy) is 1. The Morgan fingerprint density at radius 1 is 1.00 bits per heavy atom. The number of nitrogens with zero attached hydrogens (tertiary/aromatic N) is 2. The second-order valence-electron chi connectivity index (χ2n) is 5.44. The Labute approximate surface area is 116 Å². The van der Waals surface area contributed by atoms with Crippen molar-refractivity contribution >= 4 is 5.91 Å². The van der Waals surface area contributed by atoms with E-state index in [1.165, 1.54) is 12.8 Å². The van der Waals surface area contributed by atoms with E-state index < -0.39 is 0 Å². The molecule has 110 valence electrons. The van der Waals surface area contributed by atoms with Gasteiger partial charge in [0.25, 0.3) is 0 Å². The quantitative estimate of drug-likeness (QED) is 0.730. The maximum absolute atomic E-state index is 12.0. The highest BCUT2D eigenvalue weighted by molar-refractivity contribution is 5.77. The summed E-state index contributed by atoms with van der Waals surface area (Å²) in [5, 5.41) is 3.33. The van der Waals surface area contributed by atoms with Crippen LogP contribution in [0.1, 0.15) is 25.7 Å². The Bertz CT molecular complexity index is 259. The van der Waals surface area contributed by atoms with Gasteiger partial charge in [-0.1, -0.05) is 12.8 Å². The monoisotopic (exact) mass is 269 g/mol. The van der Waals surface area contributed by atoms with E-state index in [4.69, 9.17) is 4.74 Å². The molecule has 5 heteroatoms. The largest absolute Gasteiger partial charge is 0.370 e. The first kappa shape index (κ1) is 14.8. The Kier molecular flexibility index (Phi) is 6.61. The van der Waals surface area contributed by atoms with Crippen molar-refractivity contribution < 1.29 is 9.53 Å². The molecule has 0 bridgehead atoms. The predicted molar refractivity (Wildman–Crippen MR) is 75.2 cm³/mol. The average Bonchev–Trinajstić information content (AvgIpc) is 2.73. The highest BCUT2D eigenvalue weighted by Crippen LogP contribution is 2.09. The fourth-order valence-electron chi connectivity index (χ4n) is 2.70. The molecule has 1 N–H and O–H groups in total. The van der Waals surface area contributed by atoms with Crippen LogP contribution in [0.2, 0.25) is 0 Å². The van der Waals surface area contributed by atoms with Crippen LogP contribution in [0.3, 0.4) is 0 Å².